The molecule has 0 spiro atoms. The van der Waals surface area contributed by atoms with Gasteiger partial charge in [-0.05, 0) is 29.4 Å². The second-order valence-corrected chi connectivity index (χ2v) is 6.58. The van der Waals surface area contributed by atoms with Crippen LogP contribution in [-0.4, -0.2) is 0 Å². The molecule has 1 nitrogen and oxygen atoms in total. The Morgan fingerprint density at radius 3 is 2.29 bits per heavy atom. The third kappa shape index (κ3) is 3.62. The number of aryl methyl sites for hydroxylation is 1. The Labute approximate surface area is 145 Å². The van der Waals surface area contributed by atoms with Crippen LogP contribution in [0.3, 0.4) is 0 Å². The molecule has 0 aliphatic rings. The fraction of sp³-hybridized carbons (Fsp3) is 0.304. The van der Waals surface area contributed by atoms with E-state index in [0.717, 1.165) is 17.5 Å². The van der Waals surface area contributed by atoms with E-state index in [1.54, 1.807) is 0 Å². The molecule has 0 aliphatic carbocycles. The Bertz CT molecular complexity index is 790. The van der Waals surface area contributed by atoms with Crippen LogP contribution >= 0.6 is 0 Å². The van der Waals surface area contributed by atoms with E-state index in [0.29, 0.717) is 0 Å². The van der Waals surface area contributed by atoms with Gasteiger partial charge in [0.2, 0.25) is 0 Å². The Balaban J connectivity index is 1.98. The largest absolute Gasteiger partial charge is 0.398 e. The van der Waals surface area contributed by atoms with Crippen LogP contribution in [0.4, 0.5) is 5.69 Å². The lowest BCUT2D eigenvalue weighted by atomic mass is 9.90. The fourth-order valence-electron chi connectivity index (χ4n) is 3.50. The van der Waals surface area contributed by atoms with Crippen molar-refractivity contribution in [1.82, 2.24) is 0 Å². The van der Waals surface area contributed by atoms with Gasteiger partial charge < -0.3 is 5.73 Å². The maximum absolute atomic E-state index is 6.60. The summed E-state index contributed by atoms with van der Waals surface area (Å²) in [7, 11) is 0. The molecular formula is C23H27N. The summed E-state index contributed by atoms with van der Waals surface area (Å²) in [4.78, 5) is 0. The monoisotopic (exact) mass is 317 g/mol. The number of benzene rings is 3. The van der Waals surface area contributed by atoms with E-state index >= 15 is 0 Å². The summed E-state index contributed by atoms with van der Waals surface area (Å²) in [6.07, 6.45) is 7.60. The molecule has 1 heteroatoms. The maximum Gasteiger partial charge on any atom is 0.0476 e. The number of nitrogens with two attached hydrogens (primary N) is 1. The van der Waals surface area contributed by atoms with E-state index in [4.69, 9.17) is 5.73 Å². The first kappa shape index (κ1) is 16.6. The van der Waals surface area contributed by atoms with Gasteiger partial charge in [-0.1, -0.05) is 93.3 Å². The number of rotatable bonds is 7. The summed E-state index contributed by atoms with van der Waals surface area (Å²) in [5, 5.41) is 2.41. The van der Waals surface area contributed by atoms with Crippen LogP contribution in [0.1, 0.15) is 44.6 Å². The number of unbranched alkanes of at least 4 members (excludes halogenated alkanes) is 4. The van der Waals surface area contributed by atoms with Crippen molar-refractivity contribution in [1.29, 1.82) is 0 Å². The molecule has 0 aromatic heterocycles. The molecule has 3 rings (SSSR count). The third-order valence-corrected chi connectivity index (χ3v) is 4.78. The average Bonchev–Trinajstić information content (AvgIpc) is 2.62. The quantitative estimate of drug-likeness (QED) is 0.385. The summed E-state index contributed by atoms with van der Waals surface area (Å²) in [5.74, 6) is 0. The summed E-state index contributed by atoms with van der Waals surface area (Å²) in [6.45, 7) is 2.26. The average molecular weight is 317 g/mol. The van der Waals surface area contributed by atoms with Crippen molar-refractivity contribution in [3.8, 4) is 11.1 Å². The molecule has 0 unspecified atom stereocenters. The number of fused-ring (bicyclic) bond motifs is 1. The van der Waals surface area contributed by atoms with Crippen LogP contribution in [-0.2, 0) is 6.42 Å². The molecule has 0 aliphatic heterocycles. The van der Waals surface area contributed by atoms with E-state index in [2.05, 4.69) is 67.6 Å². The van der Waals surface area contributed by atoms with E-state index in [9.17, 15) is 0 Å². The van der Waals surface area contributed by atoms with Crippen molar-refractivity contribution >= 4 is 16.5 Å². The Morgan fingerprint density at radius 1 is 0.792 bits per heavy atom. The normalized spacial score (nSPS) is 11.0. The molecule has 0 bridgehead atoms. The zero-order valence-corrected chi connectivity index (χ0v) is 14.6. The highest BCUT2D eigenvalue weighted by Gasteiger charge is 2.12. The van der Waals surface area contributed by atoms with Crippen LogP contribution < -0.4 is 5.73 Å². The van der Waals surface area contributed by atoms with Gasteiger partial charge in [0.25, 0.3) is 0 Å². The minimum Gasteiger partial charge on any atom is -0.398 e. The smallest absolute Gasteiger partial charge is 0.0476 e. The molecule has 2 N–H and O–H groups in total. The molecule has 0 saturated heterocycles. The highest BCUT2D eigenvalue weighted by atomic mass is 14.6. The van der Waals surface area contributed by atoms with Crippen molar-refractivity contribution < 1.29 is 0 Å². The minimum absolute atomic E-state index is 0.919. The molecule has 0 saturated carbocycles. The van der Waals surface area contributed by atoms with Gasteiger partial charge in [0.05, 0.1) is 0 Å². The predicted octanol–water partition coefficient (Wildman–Crippen LogP) is 6.60. The SMILES string of the molecule is CCCCCCCc1cc2ccccc2c(N)c1-c1ccccc1. The predicted molar refractivity (Wildman–Crippen MR) is 106 cm³/mol. The van der Waals surface area contributed by atoms with Crippen LogP contribution in [0.5, 0.6) is 0 Å². The lowest BCUT2D eigenvalue weighted by molar-refractivity contribution is 0.633. The molecule has 0 radical (unpaired) electrons. The third-order valence-electron chi connectivity index (χ3n) is 4.78. The van der Waals surface area contributed by atoms with Crippen molar-refractivity contribution in [3.05, 3.63) is 66.2 Å². The highest BCUT2D eigenvalue weighted by Crippen LogP contribution is 2.36. The Morgan fingerprint density at radius 2 is 1.50 bits per heavy atom. The minimum atomic E-state index is 0.919. The molecule has 0 amide bonds. The van der Waals surface area contributed by atoms with Crippen molar-refractivity contribution in [3.63, 3.8) is 0 Å². The molecule has 3 aromatic rings. The summed E-state index contributed by atoms with van der Waals surface area (Å²) in [5.41, 5.74) is 11.4. The van der Waals surface area contributed by atoms with Crippen molar-refractivity contribution in [2.24, 2.45) is 0 Å². The summed E-state index contributed by atoms with van der Waals surface area (Å²) >= 11 is 0. The molecule has 24 heavy (non-hydrogen) atoms. The van der Waals surface area contributed by atoms with E-state index in [1.807, 2.05) is 0 Å². The van der Waals surface area contributed by atoms with Gasteiger partial charge in [0, 0.05) is 16.6 Å². The van der Waals surface area contributed by atoms with Crippen LogP contribution in [0.15, 0.2) is 60.7 Å². The summed E-state index contributed by atoms with van der Waals surface area (Å²) < 4.78 is 0. The topological polar surface area (TPSA) is 26.0 Å². The number of hydrogen-bond donors (Lipinski definition) is 1. The lowest BCUT2D eigenvalue weighted by Gasteiger charge is -2.16. The molecule has 3 aromatic carbocycles. The zero-order chi connectivity index (χ0) is 16.8. The van der Waals surface area contributed by atoms with Crippen molar-refractivity contribution in [2.75, 3.05) is 5.73 Å². The molecule has 0 atom stereocenters. The first-order valence-corrected chi connectivity index (χ1v) is 9.16. The summed E-state index contributed by atoms with van der Waals surface area (Å²) in [6, 6.07) is 21.4. The van der Waals surface area contributed by atoms with Crippen molar-refractivity contribution in [2.45, 2.75) is 45.4 Å². The van der Waals surface area contributed by atoms with Gasteiger partial charge in [0.15, 0.2) is 0 Å². The van der Waals surface area contributed by atoms with Gasteiger partial charge in [-0.15, -0.1) is 0 Å². The van der Waals surface area contributed by atoms with Gasteiger partial charge in [-0.25, -0.2) is 0 Å². The van der Waals surface area contributed by atoms with Gasteiger partial charge in [0.1, 0.15) is 0 Å². The first-order chi connectivity index (χ1) is 11.8. The number of hydrogen-bond acceptors (Lipinski definition) is 1. The number of anilines is 1. The van der Waals surface area contributed by atoms with Crippen LogP contribution in [0, 0.1) is 0 Å². The lowest BCUT2D eigenvalue weighted by Crippen LogP contribution is -1.98. The van der Waals surface area contributed by atoms with E-state index in [-0.39, 0.29) is 0 Å². The molecule has 0 heterocycles. The van der Waals surface area contributed by atoms with Gasteiger partial charge in [-0.3, -0.25) is 0 Å². The maximum atomic E-state index is 6.60. The molecule has 124 valence electrons. The second-order valence-electron chi connectivity index (χ2n) is 6.58. The highest BCUT2D eigenvalue weighted by molar-refractivity contribution is 6.02. The fourth-order valence-corrected chi connectivity index (χ4v) is 3.50. The van der Waals surface area contributed by atoms with Gasteiger partial charge in [-0.2, -0.15) is 0 Å². The second kappa shape index (κ2) is 8.01. The van der Waals surface area contributed by atoms with E-state index in [1.165, 1.54) is 54.2 Å². The standard InChI is InChI=1S/C23H27N/c1-2-3-4-5-7-15-20-17-19-14-10-11-16-21(19)23(24)22(20)18-12-8-6-9-13-18/h6,8-14,16-17H,2-5,7,15,24H2,1H3. The molecule has 0 fully saturated rings. The Hall–Kier alpha value is -2.28. The van der Waals surface area contributed by atoms with Crippen LogP contribution in [0.2, 0.25) is 0 Å². The van der Waals surface area contributed by atoms with Gasteiger partial charge >= 0.3 is 0 Å². The first-order valence-electron chi connectivity index (χ1n) is 9.16. The zero-order valence-electron chi connectivity index (χ0n) is 14.6. The van der Waals surface area contributed by atoms with Crippen LogP contribution in [0.25, 0.3) is 21.9 Å². The van der Waals surface area contributed by atoms with E-state index < -0.39 is 0 Å². The number of nitrogen functional groups attached to an aromatic ring is 1. The molecular weight excluding hydrogens is 290 g/mol. The Kier molecular flexibility index (Phi) is 5.53.